The normalized spacial score (nSPS) is 16.4. The summed E-state index contributed by atoms with van der Waals surface area (Å²) in [7, 11) is 1.80. The van der Waals surface area contributed by atoms with Crippen molar-refractivity contribution in [1.82, 2.24) is 15.0 Å². The lowest BCUT2D eigenvalue weighted by molar-refractivity contribution is 0.0382. The van der Waals surface area contributed by atoms with Crippen molar-refractivity contribution in [2.24, 2.45) is 0 Å². The van der Waals surface area contributed by atoms with Gasteiger partial charge in [-0.15, -0.1) is 0 Å². The number of hydrogen-bond donors (Lipinski definition) is 3. The molecule has 2 aliphatic heterocycles. The maximum absolute atomic E-state index is 12.3. The zero-order valence-electron chi connectivity index (χ0n) is 20.2. The van der Waals surface area contributed by atoms with Crippen LogP contribution in [0.5, 0.6) is 11.5 Å². The zero-order valence-corrected chi connectivity index (χ0v) is 21.0. The minimum atomic E-state index is -0.206. The molecule has 37 heavy (non-hydrogen) atoms. The number of para-hydroxylation sites is 1. The van der Waals surface area contributed by atoms with E-state index in [0.717, 1.165) is 38.1 Å². The Bertz CT molecular complexity index is 1480. The number of H-pyrrole nitrogens is 1. The standard InChI is InChI=1S/C27H26N6O3S/c1-28-27-31-14-17(15-32-27)13-30-18-7-8-21-24(12-18)37-23-6-2-4-19(25(23)36-21)22-16-33(10-11-35-22)20-5-3-9-29-26(20)34/h2-9,12,14-15,22,30H,10-11,13,16H2,1H3,(H,29,34)(H,28,31,32). The number of rotatable bonds is 6. The minimum absolute atomic E-state index is 0.0918. The van der Waals surface area contributed by atoms with Crippen LogP contribution >= 0.6 is 11.8 Å². The molecule has 188 valence electrons. The van der Waals surface area contributed by atoms with Crippen LogP contribution in [0.25, 0.3) is 0 Å². The molecule has 1 fully saturated rings. The van der Waals surface area contributed by atoms with Crippen molar-refractivity contribution in [2.75, 3.05) is 42.3 Å². The summed E-state index contributed by atoms with van der Waals surface area (Å²) in [5.41, 5.74) is 3.54. The number of hydrogen-bond acceptors (Lipinski definition) is 9. The maximum atomic E-state index is 12.3. The largest absolute Gasteiger partial charge is 0.455 e. The van der Waals surface area contributed by atoms with Gasteiger partial charge >= 0.3 is 0 Å². The van der Waals surface area contributed by atoms with Gasteiger partial charge in [0.05, 0.1) is 16.4 Å². The van der Waals surface area contributed by atoms with E-state index in [4.69, 9.17) is 9.47 Å². The van der Waals surface area contributed by atoms with E-state index >= 15 is 0 Å². The fraction of sp³-hybridized carbons (Fsp3) is 0.222. The van der Waals surface area contributed by atoms with Gasteiger partial charge in [-0.25, -0.2) is 9.97 Å². The summed E-state index contributed by atoms with van der Waals surface area (Å²) in [6.45, 7) is 2.39. The van der Waals surface area contributed by atoms with E-state index in [0.29, 0.717) is 37.9 Å². The summed E-state index contributed by atoms with van der Waals surface area (Å²) in [5.74, 6) is 2.23. The Labute approximate surface area is 218 Å². The lowest BCUT2D eigenvalue weighted by Gasteiger charge is -2.35. The smallest absolute Gasteiger partial charge is 0.271 e. The van der Waals surface area contributed by atoms with E-state index in [-0.39, 0.29) is 11.7 Å². The van der Waals surface area contributed by atoms with Crippen LogP contribution in [0.1, 0.15) is 17.2 Å². The van der Waals surface area contributed by atoms with Gasteiger partial charge in [-0.3, -0.25) is 4.79 Å². The number of nitrogens with zero attached hydrogens (tertiary/aromatic N) is 3. The summed E-state index contributed by atoms with van der Waals surface area (Å²) in [6, 6.07) is 15.9. The Hall–Kier alpha value is -4.02. The monoisotopic (exact) mass is 514 g/mol. The van der Waals surface area contributed by atoms with E-state index < -0.39 is 0 Å². The van der Waals surface area contributed by atoms with Crippen molar-refractivity contribution in [2.45, 2.75) is 22.4 Å². The quantitative estimate of drug-likeness (QED) is 0.299. The zero-order chi connectivity index (χ0) is 25.2. The Morgan fingerprint density at radius 2 is 2.03 bits per heavy atom. The third-order valence-electron chi connectivity index (χ3n) is 6.36. The average Bonchev–Trinajstić information content (AvgIpc) is 2.95. The molecule has 4 aromatic rings. The van der Waals surface area contributed by atoms with Gasteiger partial charge in [0.15, 0.2) is 0 Å². The maximum Gasteiger partial charge on any atom is 0.271 e. The molecule has 4 heterocycles. The van der Waals surface area contributed by atoms with Crippen LogP contribution in [-0.4, -0.2) is 41.7 Å². The first-order valence-electron chi connectivity index (χ1n) is 12.1. The first-order chi connectivity index (χ1) is 18.2. The molecule has 0 aliphatic carbocycles. The Balaban J connectivity index is 1.19. The SMILES string of the molecule is CNc1ncc(CNc2ccc3c(c2)Sc2cccc(C4CN(c5ccc[nH]c5=O)CCO4)c2O3)cn1. The summed E-state index contributed by atoms with van der Waals surface area (Å²) >= 11 is 1.68. The average molecular weight is 515 g/mol. The third kappa shape index (κ3) is 4.85. The summed E-state index contributed by atoms with van der Waals surface area (Å²) < 4.78 is 12.6. The number of anilines is 3. The van der Waals surface area contributed by atoms with E-state index in [2.05, 4.69) is 42.6 Å². The first-order valence-corrected chi connectivity index (χ1v) is 12.9. The lowest BCUT2D eigenvalue weighted by atomic mass is 10.1. The number of ether oxygens (including phenoxy) is 2. The Kier molecular flexibility index (Phi) is 6.42. The van der Waals surface area contributed by atoms with Gasteiger partial charge < -0.3 is 30.0 Å². The fourth-order valence-corrected chi connectivity index (χ4v) is 5.52. The number of benzene rings is 2. The van der Waals surface area contributed by atoms with E-state index in [9.17, 15) is 4.79 Å². The molecule has 1 unspecified atom stereocenters. The molecule has 1 atom stereocenters. The van der Waals surface area contributed by atoms with Crippen molar-refractivity contribution in [3.8, 4) is 11.5 Å². The molecule has 2 aromatic carbocycles. The minimum Gasteiger partial charge on any atom is -0.455 e. The number of morpholine rings is 1. The molecule has 0 bridgehead atoms. The van der Waals surface area contributed by atoms with Crippen LogP contribution in [0.2, 0.25) is 0 Å². The van der Waals surface area contributed by atoms with Crippen molar-refractivity contribution in [3.05, 3.63) is 88.6 Å². The van der Waals surface area contributed by atoms with E-state index in [1.165, 1.54) is 0 Å². The van der Waals surface area contributed by atoms with Gasteiger partial charge in [0.1, 0.15) is 23.3 Å². The predicted octanol–water partition coefficient (Wildman–Crippen LogP) is 4.65. The van der Waals surface area contributed by atoms with Gasteiger partial charge in [0.25, 0.3) is 5.56 Å². The second-order valence-corrected chi connectivity index (χ2v) is 9.83. The summed E-state index contributed by atoms with van der Waals surface area (Å²) in [5, 5.41) is 6.36. The molecule has 2 aliphatic rings. The van der Waals surface area contributed by atoms with E-state index in [1.54, 1.807) is 25.0 Å². The molecule has 3 N–H and O–H groups in total. The van der Waals surface area contributed by atoms with Crippen LogP contribution < -0.4 is 25.8 Å². The number of aromatic amines is 1. The molecule has 0 radical (unpaired) electrons. The van der Waals surface area contributed by atoms with Crippen LogP contribution in [-0.2, 0) is 11.3 Å². The second kappa shape index (κ2) is 10.2. The fourth-order valence-electron chi connectivity index (χ4n) is 4.48. The molecule has 2 aromatic heterocycles. The first kappa shape index (κ1) is 23.4. The van der Waals surface area contributed by atoms with Crippen LogP contribution in [0.15, 0.2) is 81.7 Å². The summed E-state index contributed by atoms with van der Waals surface area (Å²) in [6.07, 6.45) is 5.06. The number of aromatic nitrogens is 3. The molecule has 0 spiro atoms. The molecular weight excluding hydrogens is 488 g/mol. The molecule has 6 rings (SSSR count). The van der Waals surface area contributed by atoms with Gasteiger partial charge in [0, 0.05) is 62.1 Å². The predicted molar refractivity (Wildman–Crippen MR) is 144 cm³/mol. The lowest BCUT2D eigenvalue weighted by Crippen LogP contribution is -2.41. The van der Waals surface area contributed by atoms with Gasteiger partial charge in [-0.05, 0) is 36.4 Å². The number of pyridine rings is 1. The highest BCUT2D eigenvalue weighted by Gasteiger charge is 2.29. The van der Waals surface area contributed by atoms with Gasteiger partial charge in [-0.1, -0.05) is 23.9 Å². The van der Waals surface area contributed by atoms with Crippen molar-refractivity contribution >= 4 is 29.1 Å². The van der Waals surface area contributed by atoms with Crippen LogP contribution in [0, 0.1) is 0 Å². The Morgan fingerprint density at radius 1 is 1.14 bits per heavy atom. The molecule has 0 saturated carbocycles. The van der Waals surface area contributed by atoms with Gasteiger partial charge in [0.2, 0.25) is 5.95 Å². The van der Waals surface area contributed by atoms with Crippen molar-refractivity contribution in [1.29, 1.82) is 0 Å². The van der Waals surface area contributed by atoms with Crippen LogP contribution in [0.4, 0.5) is 17.3 Å². The van der Waals surface area contributed by atoms with Crippen molar-refractivity contribution in [3.63, 3.8) is 0 Å². The molecule has 9 nitrogen and oxygen atoms in total. The van der Waals surface area contributed by atoms with Crippen molar-refractivity contribution < 1.29 is 9.47 Å². The van der Waals surface area contributed by atoms with Gasteiger partial charge in [-0.2, -0.15) is 0 Å². The highest BCUT2D eigenvalue weighted by molar-refractivity contribution is 7.99. The molecule has 0 amide bonds. The molecule has 10 heteroatoms. The van der Waals surface area contributed by atoms with Crippen LogP contribution in [0.3, 0.4) is 0 Å². The molecule has 1 saturated heterocycles. The highest BCUT2D eigenvalue weighted by Crippen LogP contribution is 2.50. The third-order valence-corrected chi connectivity index (χ3v) is 7.44. The second-order valence-electron chi connectivity index (χ2n) is 8.75. The van der Waals surface area contributed by atoms with E-state index in [1.807, 2.05) is 48.8 Å². The Morgan fingerprint density at radius 3 is 2.86 bits per heavy atom. The topological polar surface area (TPSA) is 104 Å². The molecular formula is C27H26N6O3S. The summed E-state index contributed by atoms with van der Waals surface area (Å²) in [4.78, 5) is 27.8. The number of nitrogens with one attached hydrogen (secondary N) is 3. The highest BCUT2D eigenvalue weighted by atomic mass is 32.2. The number of fused-ring (bicyclic) bond motifs is 2.